The summed E-state index contributed by atoms with van der Waals surface area (Å²) >= 11 is 0. The molecule has 4 rings (SSSR count). The molecule has 3 heterocycles. The van der Waals surface area contributed by atoms with Crippen molar-refractivity contribution >= 4 is 18.0 Å². The number of Topliss-reactive ketones (excluding diaryl/α,β-unsaturated/α-hetero) is 1. The highest BCUT2D eigenvalue weighted by Gasteiger charge is 2.48. The summed E-state index contributed by atoms with van der Waals surface area (Å²) in [6.45, 7) is 2.63. The second-order valence-corrected chi connectivity index (χ2v) is 8.18. The van der Waals surface area contributed by atoms with Crippen LogP contribution in [0, 0.1) is 17.0 Å². The highest BCUT2D eigenvalue weighted by atomic mass is 19.1. The first-order valence-electron chi connectivity index (χ1n) is 9.99. The van der Waals surface area contributed by atoms with Gasteiger partial charge in [-0.2, -0.15) is 0 Å². The first-order chi connectivity index (χ1) is 14.8. The third kappa shape index (κ3) is 3.48. The molecule has 9 heteroatoms. The molecule has 31 heavy (non-hydrogen) atoms. The van der Waals surface area contributed by atoms with Crippen LogP contribution in [0.15, 0.2) is 29.2 Å². The smallest absolute Gasteiger partial charge is 0.257 e. The van der Waals surface area contributed by atoms with Gasteiger partial charge in [-0.3, -0.25) is 19.2 Å². The number of amides is 1. The molecule has 162 valence electrons. The Kier molecular flexibility index (Phi) is 5.30. The van der Waals surface area contributed by atoms with Crippen molar-refractivity contribution in [1.29, 1.82) is 0 Å². The predicted molar refractivity (Wildman–Crippen MR) is 107 cm³/mol. The molecule has 7 nitrogen and oxygen atoms in total. The van der Waals surface area contributed by atoms with Crippen LogP contribution in [0.1, 0.15) is 56.5 Å². The minimum Gasteiger partial charge on any atom is -0.348 e. The van der Waals surface area contributed by atoms with E-state index in [-0.39, 0.29) is 40.8 Å². The zero-order valence-corrected chi connectivity index (χ0v) is 16.8. The molecule has 0 bridgehead atoms. The number of halogens is 2. The maximum atomic E-state index is 13.8. The van der Waals surface area contributed by atoms with Gasteiger partial charge in [-0.15, -0.1) is 0 Å². The third-order valence-corrected chi connectivity index (χ3v) is 6.28. The number of aldehydes is 1. The fraction of sp³-hybridized carbons (Fsp3) is 0.364. The highest BCUT2D eigenvalue weighted by Crippen LogP contribution is 2.39. The Balaban J connectivity index is 1.69. The van der Waals surface area contributed by atoms with Crippen LogP contribution in [-0.4, -0.2) is 35.1 Å². The molecule has 0 radical (unpaired) electrons. The number of fused-ring (bicyclic) bond motifs is 2. The van der Waals surface area contributed by atoms with E-state index in [9.17, 15) is 28.0 Å². The van der Waals surface area contributed by atoms with Gasteiger partial charge in [-0.05, 0) is 25.5 Å². The Morgan fingerprint density at radius 3 is 2.84 bits per heavy atom. The van der Waals surface area contributed by atoms with E-state index in [1.807, 2.05) is 6.92 Å². The highest BCUT2D eigenvalue weighted by molar-refractivity contribution is 6.07. The summed E-state index contributed by atoms with van der Waals surface area (Å²) in [7, 11) is 0. The van der Waals surface area contributed by atoms with Crippen LogP contribution in [0.2, 0.25) is 0 Å². The fourth-order valence-electron chi connectivity index (χ4n) is 4.43. The Hall–Kier alpha value is -3.20. The molecule has 1 aromatic heterocycles. The Bertz CT molecular complexity index is 1160. The van der Waals surface area contributed by atoms with Crippen LogP contribution in [0.5, 0.6) is 0 Å². The van der Waals surface area contributed by atoms with E-state index in [0.29, 0.717) is 25.3 Å². The molecular weight excluding hydrogens is 408 g/mol. The number of pyridine rings is 1. The van der Waals surface area contributed by atoms with Gasteiger partial charge < -0.3 is 15.2 Å². The number of rotatable bonds is 4. The second-order valence-electron chi connectivity index (χ2n) is 8.18. The van der Waals surface area contributed by atoms with Gasteiger partial charge in [0.2, 0.25) is 5.43 Å². The van der Waals surface area contributed by atoms with Crippen molar-refractivity contribution < 1.29 is 23.2 Å². The Morgan fingerprint density at radius 1 is 1.35 bits per heavy atom. The number of nitrogens with zero attached hydrogens (tertiary/aromatic N) is 1. The standard InChI is InChI=1S/C22H21F2N3O4/c1-22-5-2-6-25-17(22)10-27-9-14(19(29)15(11-28)18(27)20(22)30)21(31)26-8-12-3-4-13(23)7-16(12)24/h3-4,7,9,11,17,25H,2,5-6,8,10H2,1H3,(H,26,31)/t17-,22-/m0/s1. The Labute approximate surface area is 176 Å². The van der Waals surface area contributed by atoms with Crippen LogP contribution in [0.4, 0.5) is 8.78 Å². The zero-order valence-electron chi connectivity index (χ0n) is 16.8. The van der Waals surface area contributed by atoms with Crippen molar-refractivity contribution in [3.63, 3.8) is 0 Å². The molecular formula is C22H21F2N3O4. The summed E-state index contributed by atoms with van der Waals surface area (Å²) in [4.78, 5) is 50.5. The van der Waals surface area contributed by atoms with Crippen LogP contribution in [-0.2, 0) is 13.1 Å². The first-order valence-corrected chi connectivity index (χ1v) is 9.99. The maximum absolute atomic E-state index is 13.8. The monoisotopic (exact) mass is 429 g/mol. The number of carbonyl (C=O) groups excluding carboxylic acids is 3. The molecule has 2 N–H and O–H groups in total. The topological polar surface area (TPSA) is 97.3 Å². The van der Waals surface area contributed by atoms with Gasteiger partial charge in [0.05, 0.1) is 11.3 Å². The van der Waals surface area contributed by atoms with Crippen molar-refractivity contribution in [2.24, 2.45) is 5.41 Å². The molecule has 0 unspecified atom stereocenters. The van der Waals surface area contributed by atoms with E-state index in [1.165, 1.54) is 16.8 Å². The molecule has 1 aromatic carbocycles. The summed E-state index contributed by atoms with van der Waals surface area (Å²) in [6, 6.07) is 2.75. The molecule has 0 aliphatic carbocycles. The number of aromatic nitrogens is 1. The zero-order chi connectivity index (χ0) is 22.3. The molecule has 2 aromatic rings. The number of piperidine rings is 1. The van der Waals surface area contributed by atoms with Crippen molar-refractivity contribution in [1.82, 2.24) is 15.2 Å². The molecule has 2 aliphatic rings. The van der Waals surface area contributed by atoms with Gasteiger partial charge in [0, 0.05) is 42.4 Å². The van der Waals surface area contributed by atoms with E-state index in [4.69, 9.17) is 0 Å². The minimum atomic E-state index is -0.850. The normalized spacial score (nSPS) is 22.4. The quantitative estimate of drug-likeness (QED) is 0.723. The second kappa shape index (κ2) is 7.81. The lowest BCUT2D eigenvalue weighted by molar-refractivity contribution is 0.0577. The summed E-state index contributed by atoms with van der Waals surface area (Å²) in [5, 5.41) is 5.73. The van der Waals surface area contributed by atoms with Crippen molar-refractivity contribution in [3.8, 4) is 0 Å². The maximum Gasteiger partial charge on any atom is 0.257 e. The van der Waals surface area contributed by atoms with Gasteiger partial charge in [-0.1, -0.05) is 13.0 Å². The lowest BCUT2D eigenvalue weighted by Crippen LogP contribution is -2.58. The van der Waals surface area contributed by atoms with Crippen LogP contribution in [0.3, 0.4) is 0 Å². The van der Waals surface area contributed by atoms with Crippen molar-refractivity contribution in [3.05, 3.63) is 68.6 Å². The lowest BCUT2D eigenvalue weighted by atomic mass is 9.69. The SMILES string of the molecule is C[C@]12CCCN[C@H]1Cn1cc(C(=O)NCc3ccc(F)cc3F)c(=O)c(C=O)c1C2=O. The van der Waals surface area contributed by atoms with E-state index in [1.54, 1.807) is 0 Å². The summed E-state index contributed by atoms with van der Waals surface area (Å²) in [5.74, 6) is -2.69. The van der Waals surface area contributed by atoms with Crippen LogP contribution < -0.4 is 16.1 Å². The van der Waals surface area contributed by atoms with Crippen LogP contribution >= 0.6 is 0 Å². The number of hydrogen-bond donors (Lipinski definition) is 2. The molecule has 0 spiro atoms. The molecule has 0 saturated carbocycles. The molecule has 1 fully saturated rings. The number of ketones is 1. The number of nitrogens with one attached hydrogen (secondary N) is 2. The number of carbonyl (C=O) groups is 3. The predicted octanol–water partition coefficient (Wildman–Crippen LogP) is 1.82. The van der Waals surface area contributed by atoms with E-state index < -0.39 is 28.4 Å². The van der Waals surface area contributed by atoms with Gasteiger partial charge in [-0.25, -0.2) is 8.78 Å². The largest absolute Gasteiger partial charge is 0.348 e. The molecule has 2 atom stereocenters. The van der Waals surface area contributed by atoms with Crippen molar-refractivity contribution in [2.75, 3.05) is 6.54 Å². The first kappa shape index (κ1) is 21.0. The van der Waals surface area contributed by atoms with E-state index in [0.717, 1.165) is 19.0 Å². The van der Waals surface area contributed by atoms with Crippen LogP contribution in [0.25, 0.3) is 0 Å². The number of hydrogen-bond acceptors (Lipinski definition) is 5. The van der Waals surface area contributed by atoms with E-state index in [2.05, 4.69) is 10.6 Å². The fourth-order valence-corrected chi connectivity index (χ4v) is 4.43. The third-order valence-electron chi connectivity index (χ3n) is 6.28. The molecule has 1 amide bonds. The summed E-state index contributed by atoms with van der Waals surface area (Å²) in [6.07, 6.45) is 3.03. The Morgan fingerprint density at radius 2 is 2.13 bits per heavy atom. The van der Waals surface area contributed by atoms with Gasteiger partial charge in [0.1, 0.15) is 17.2 Å². The lowest BCUT2D eigenvalue weighted by Gasteiger charge is -2.45. The van der Waals surface area contributed by atoms with E-state index >= 15 is 0 Å². The van der Waals surface area contributed by atoms with Crippen molar-refractivity contribution in [2.45, 2.75) is 38.9 Å². The summed E-state index contributed by atoms with van der Waals surface area (Å²) in [5.41, 5.74) is -2.19. The average molecular weight is 429 g/mol. The van der Waals surface area contributed by atoms with Gasteiger partial charge >= 0.3 is 0 Å². The number of benzene rings is 1. The van der Waals surface area contributed by atoms with Gasteiger partial charge in [0.25, 0.3) is 5.91 Å². The summed E-state index contributed by atoms with van der Waals surface area (Å²) < 4.78 is 28.3. The molecule has 2 aliphatic heterocycles. The minimum absolute atomic E-state index is 0.0172. The van der Waals surface area contributed by atoms with Gasteiger partial charge in [0.15, 0.2) is 12.1 Å². The molecule has 1 saturated heterocycles. The average Bonchev–Trinajstić information content (AvgIpc) is 2.74.